The van der Waals surface area contributed by atoms with E-state index in [4.69, 9.17) is 0 Å². The third-order valence-electron chi connectivity index (χ3n) is 1.97. The van der Waals surface area contributed by atoms with Gasteiger partial charge in [-0.1, -0.05) is 28.6 Å². The van der Waals surface area contributed by atoms with Gasteiger partial charge >= 0.3 is 0 Å². The molecule has 0 unspecified atom stereocenters. The van der Waals surface area contributed by atoms with Crippen LogP contribution >= 0.6 is 15.9 Å². The van der Waals surface area contributed by atoms with Gasteiger partial charge in [-0.05, 0) is 25.1 Å². The Morgan fingerprint density at radius 1 is 1.67 bits per heavy atom. The maximum Gasteiger partial charge on any atom is 0.243 e. The zero-order chi connectivity index (χ0) is 11.4. The number of hydrogen-bond acceptors (Lipinski definition) is 1. The summed E-state index contributed by atoms with van der Waals surface area (Å²) in [5.74, 6) is -0.661. The molecule has 0 radical (unpaired) electrons. The Bertz CT molecular complexity index is 392. The summed E-state index contributed by atoms with van der Waals surface area (Å²) in [6.07, 6.45) is 1.16. The fourth-order valence-corrected chi connectivity index (χ4v) is 1.54. The second-order valence-corrected chi connectivity index (χ2v) is 4.02. The molecular formula is C11H11BrFNO. The van der Waals surface area contributed by atoms with E-state index in [1.807, 2.05) is 0 Å². The molecule has 1 rings (SSSR count). The SMILES string of the molecule is C=CC(=O)N[C@@H](C)c1ccc(Br)cc1F. The normalized spacial score (nSPS) is 11.9. The highest BCUT2D eigenvalue weighted by atomic mass is 79.9. The minimum absolute atomic E-state index is 0.315. The van der Waals surface area contributed by atoms with Crippen LogP contribution in [0.1, 0.15) is 18.5 Å². The van der Waals surface area contributed by atoms with Crippen molar-refractivity contribution in [2.75, 3.05) is 0 Å². The quantitative estimate of drug-likeness (QED) is 0.842. The maximum atomic E-state index is 13.4. The average molecular weight is 272 g/mol. The molecule has 4 heteroatoms. The monoisotopic (exact) mass is 271 g/mol. The van der Waals surface area contributed by atoms with Crippen molar-refractivity contribution in [3.05, 3.63) is 46.7 Å². The molecule has 1 aromatic carbocycles. The molecule has 0 saturated heterocycles. The molecule has 2 nitrogen and oxygen atoms in total. The summed E-state index contributed by atoms with van der Waals surface area (Å²) in [6, 6.07) is 4.36. The van der Waals surface area contributed by atoms with E-state index in [1.54, 1.807) is 19.1 Å². The minimum Gasteiger partial charge on any atom is -0.346 e. The average Bonchev–Trinajstić information content (AvgIpc) is 2.17. The number of nitrogens with one attached hydrogen (secondary N) is 1. The third kappa shape index (κ3) is 3.16. The summed E-state index contributed by atoms with van der Waals surface area (Å²) in [7, 11) is 0. The van der Waals surface area contributed by atoms with E-state index in [9.17, 15) is 9.18 Å². The van der Waals surface area contributed by atoms with E-state index >= 15 is 0 Å². The molecule has 0 fully saturated rings. The largest absolute Gasteiger partial charge is 0.346 e. The first-order valence-electron chi connectivity index (χ1n) is 4.42. The molecule has 1 amide bonds. The molecule has 1 N–H and O–H groups in total. The van der Waals surface area contributed by atoms with E-state index in [0.29, 0.717) is 10.0 Å². The van der Waals surface area contributed by atoms with E-state index in [0.717, 1.165) is 6.08 Å². The van der Waals surface area contributed by atoms with Gasteiger partial charge in [0, 0.05) is 10.0 Å². The Hall–Kier alpha value is -1.16. The lowest BCUT2D eigenvalue weighted by Gasteiger charge is -2.13. The zero-order valence-corrected chi connectivity index (χ0v) is 9.84. The minimum atomic E-state index is -0.372. The molecule has 0 aliphatic carbocycles. The van der Waals surface area contributed by atoms with Crippen molar-refractivity contribution in [3.8, 4) is 0 Å². The Balaban J connectivity index is 2.86. The zero-order valence-electron chi connectivity index (χ0n) is 8.26. The predicted molar refractivity (Wildman–Crippen MR) is 60.9 cm³/mol. The highest BCUT2D eigenvalue weighted by Crippen LogP contribution is 2.20. The number of carbonyl (C=O) groups excluding carboxylic acids is 1. The van der Waals surface area contributed by atoms with Crippen LogP contribution in [-0.2, 0) is 4.79 Å². The van der Waals surface area contributed by atoms with Crippen LogP contribution < -0.4 is 5.32 Å². The molecular weight excluding hydrogens is 261 g/mol. The predicted octanol–water partition coefficient (Wildman–Crippen LogP) is 2.95. The molecule has 0 spiro atoms. The van der Waals surface area contributed by atoms with Gasteiger partial charge in [0.2, 0.25) is 5.91 Å². The Labute approximate surface area is 96.3 Å². The summed E-state index contributed by atoms with van der Waals surface area (Å²) >= 11 is 3.17. The molecule has 0 heterocycles. The Morgan fingerprint density at radius 2 is 2.33 bits per heavy atom. The van der Waals surface area contributed by atoms with Crippen molar-refractivity contribution in [2.45, 2.75) is 13.0 Å². The topological polar surface area (TPSA) is 29.1 Å². The fraction of sp³-hybridized carbons (Fsp3) is 0.182. The van der Waals surface area contributed by atoms with Crippen LogP contribution in [0.2, 0.25) is 0 Å². The summed E-state index contributed by atoms with van der Waals surface area (Å²) in [6.45, 7) is 5.05. The third-order valence-corrected chi connectivity index (χ3v) is 2.47. The van der Waals surface area contributed by atoms with E-state index < -0.39 is 0 Å². The highest BCUT2D eigenvalue weighted by molar-refractivity contribution is 9.10. The number of halogens is 2. The number of amides is 1. The highest BCUT2D eigenvalue weighted by Gasteiger charge is 2.11. The molecule has 1 aromatic rings. The first-order valence-corrected chi connectivity index (χ1v) is 5.21. The Kier molecular flexibility index (Phi) is 4.03. The summed E-state index contributed by atoms with van der Waals surface area (Å²) in [5.41, 5.74) is 0.452. The van der Waals surface area contributed by atoms with Gasteiger partial charge in [-0.15, -0.1) is 0 Å². The Morgan fingerprint density at radius 3 is 2.87 bits per heavy atom. The molecule has 0 aliphatic rings. The van der Waals surface area contributed by atoms with Crippen molar-refractivity contribution < 1.29 is 9.18 Å². The molecule has 0 saturated carbocycles. The number of benzene rings is 1. The van der Waals surface area contributed by atoms with Crippen molar-refractivity contribution in [1.29, 1.82) is 0 Å². The lowest BCUT2D eigenvalue weighted by molar-refractivity contribution is -0.117. The van der Waals surface area contributed by atoms with Crippen LogP contribution in [0.3, 0.4) is 0 Å². The van der Waals surface area contributed by atoms with Gasteiger partial charge in [0.25, 0.3) is 0 Å². The van der Waals surface area contributed by atoms with Crippen LogP contribution in [0.4, 0.5) is 4.39 Å². The molecule has 0 aromatic heterocycles. The summed E-state index contributed by atoms with van der Waals surface area (Å²) in [5, 5.41) is 2.59. The summed E-state index contributed by atoms with van der Waals surface area (Å²) < 4.78 is 14.1. The first kappa shape index (κ1) is 11.9. The first-order chi connectivity index (χ1) is 7.04. The van der Waals surface area contributed by atoms with E-state index in [-0.39, 0.29) is 17.8 Å². The second-order valence-electron chi connectivity index (χ2n) is 3.10. The van der Waals surface area contributed by atoms with Gasteiger partial charge in [-0.3, -0.25) is 4.79 Å². The fourth-order valence-electron chi connectivity index (χ4n) is 1.20. The number of hydrogen-bond donors (Lipinski definition) is 1. The van der Waals surface area contributed by atoms with Crippen molar-refractivity contribution in [2.24, 2.45) is 0 Å². The van der Waals surface area contributed by atoms with E-state index in [2.05, 4.69) is 27.8 Å². The molecule has 80 valence electrons. The molecule has 15 heavy (non-hydrogen) atoms. The van der Waals surface area contributed by atoms with Crippen molar-refractivity contribution in [1.82, 2.24) is 5.32 Å². The van der Waals surface area contributed by atoms with Gasteiger partial charge in [-0.25, -0.2) is 4.39 Å². The molecule has 0 bridgehead atoms. The van der Waals surface area contributed by atoms with Gasteiger partial charge in [0.05, 0.1) is 6.04 Å². The van der Waals surface area contributed by atoms with Crippen LogP contribution in [0.5, 0.6) is 0 Å². The summed E-state index contributed by atoms with van der Waals surface area (Å²) in [4.78, 5) is 11.0. The number of rotatable bonds is 3. The van der Waals surface area contributed by atoms with Gasteiger partial charge in [-0.2, -0.15) is 0 Å². The smallest absolute Gasteiger partial charge is 0.243 e. The van der Waals surface area contributed by atoms with Gasteiger partial charge in [0.1, 0.15) is 5.82 Å². The molecule has 1 atom stereocenters. The van der Waals surface area contributed by atoms with Crippen LogP contribution in [-0.4, -0.2) is 5.91 Å². The van der Waals surface area contributed by atoms with Crippen LogP contribution in [0.25, 0.3) is 0 Å². The standard InChI is InChI=1S/C11H11BrFNO/c1-3-11(15)14-7(2)9-5-4-8(12)6-10(9)13/h3-7H,1H2,2H3,(H,14,15)/t7-/m0/s1. The van der Waals surface area contributed by atoms with Crippen LogP contribution in [0.15, 0.2) is 35.3 Å². The molecule has 0 aliphatic heterocycles. The maximum absolute atomic E-state index is 13.4. The number of carbonyl (C=O) groups is 1. The lowest BCUT2D eigenvalue weighted by atomic mass is 10.1. The van der Waals surface area contributed by atoms with Crippen LogP contribution in [0, 0.1) is 5.82 Å². The van der Waals surface area contributed by atoms with Gasteiger partial charge < -0.3 is 5.32 Å². The van der Waals surface area contributed by atoms with E-state index in [1.165, 1.54) is 6.07 Å². The van der Waals surface area contributed by atoms with Crippen molar-refractivity contribution in [3.63, 3.8) is 0 Å². The van der Waals surface area contributed by atoms with Gasteiger partial charge in [0.15, 0.2) is 0 Å². The lowest BCUT2D eigenvalue weighted by Crippen LogP contribution is -2.25. The second kappa shape index (κ2) is 5.07. The van der Waals surface area contributed by atoms with Crippen molar-refractivity contribution >= 4 is 21.8 Å².